The molecule has 0 atom stereocenters. The van der Waals surface area contributed by atoms with Crippen molar-refractivity contribution in [3.05, 3.63) is 71.7 Å². The molecule has 0 saturated carbocycles. The lowest BCUT2D eigenvalue weighted by Gasteiger charge is -2.12. The van der Waals surface area contributed by atoms with Gasteiger partial charge >= 0.3 is 0 Å². The highest BCUT2D eigenvalue weighted by Crippen LogP contribution is 2.27. The Bertz CT molecular complexity index is 925. The van der Waals surface area contributed by atoms with Crippen LogP contribution in [0.1, 0.15) is 26.5 Å². The highest BCUT2D eigenvalue weighted by Gasteiger charge is 2.12. The van der Waals surface area contributed by atoms with Gasteiger partial charge in [-0.25, -0.2) is 4.98 Å². The number of carbonyl (C=O) groups excluding carboxylic acids is 2. The summed E-state index contributed by atoms with van der Waals surface area (Å²) in [4.78, 5) is 30.6. The largest absolute Gasteiger partial charge is 0.507 e. The van der Waals surface area contributed by atoms with Crippen molar-refractivity contribution >= 4 is 12.6 Å². The maximum Gasteiger partial charge on any atom is 0.168 e. The van der Waals surface area contributed by atoms with Crippen LogP contribution in [0.3, 0.4) is 0 Å². The van der Waals surface area contributed by atoms with E-state index >= 15 is 0 Å². The number of ether oxygens (including phenoxy) is 1. The van der Waals surface area contributed by atoms with Crippen molar-refractivity contribution in [2.24, 2.45) is 0 Å². The Hall–Kier alpha value is -3.54. The van der Waals surface area contributed by atoms with Crippen molar-refractivity contribution in [1.82, 2.24) is 9.97 Å². The number of aromatic hydroxyl groups is 1. The Morgan fingerprint density at radius 1 is 1.00 bits per heavy atom. The molecule has 124 valence electrons. The van der Waals surface area contributed by atoms with E-state index in [1.165, 1.54) is 6.07 Å². The predicted molar refractivity (Wildman–Crippen MR) is 90.7 cm³/mol. The first-order chi connectivity index (χ1) is 12.2. The van der Waals surface area contributed by atoms with Gasteiger partial charge in [-0.3, -0.25) is 14.6 Å². The number of aldehydes is 2. The molecule has 0 saturated heterocycles. The molecule has 2 heterocycles. The number of phenols is 1. The van der Waals surface area contributed by atoms with Gasteiger partial charge in [0.05, 0.1) is 17.0 Å². The summed E-state index contributed by atoms with van der Waals surface area (Å²) in [5, 5.41) is 9.71. The van der Waals surface area contributed by atoms with Gasteiger partial charge in [0.1, 0.15) is 23.8 Å². The van der Waals surface area contributed by atoms with Crippen LogP contribution in [0, 0.1) is 0 Å². The van der Waals surface area contributed by atoms with Gasteiger partial charge in [0, 0.05) is 11.8 Å². The fourth-order valence-electron chi connectivity index (χ4n) is 2.38. The second-order valence-electron chi connectivity index (χ2n) is 5.16. The molecule has 6 nitrogen and oxygen atoms in total. The zero-order valence-corrected chi connectivity index (χ0v) is 13.1. The lowest BCUT2D eigenvalue weighted by atomic mass is 10.1. The third-order valence-corrected chi connectivity index (χ3v) is 3.58. The number of benzene rings is 1. The molecular formula is C19H14N2O4. The number of hydrogen-bond donors (Lipinski definition) is 1. The molecule has 0 unspecified atom stereocenters. The first kappa shape index (κ1) is 16.3. The molecular weight excluding hydrogens is 320 g/mol. The van der Waals surface area contributed by atoms with Crippen LogP contribution in [0.2, 0.25) is 0 Å². The molecule has 0 aliphatic carbocycles. The highest BCUT2D eigenvalue weighted by molar-refractivity contribution is 5.83. The third kappa shape index (κ3) is 3.53. The molecule has 1 N–H and O–H groups in total. The normalized spacial score (nSPS) is 10.2. The number of carbonyl (C=O) groups is 2. The van der Waals surface area contributed by atoms with Crippen LogP contribution >= 0.6 is 0 Å². The average Bonchev–Trinajstić information content (AvgIpc) is 2.66. The van der Waals surface area contributed by atoms with E-state index in [0.717, 1.165) is 5.56 Å². The van der Waals surface area contributed by atoms with Gasteiger partial charge in [-0.2, -0.15) is 0 Å². The van der Waals surface area contributed by atoms with E-state index in [1.807, 2.05) is 6.07 Å². The summed E-state index contributed by atoms with van der Waals surface area (Å²) >= 11 is 0. The Balaban J connectivity index is 1.91. The van der Waals surface area contributed by atoms with Crippen molar-refractivity contribution < 1.29 is 19.4 Å². The topological polar surface area (TPSA) is 89.4 Å². The van der Waals surface area contributed by atoms with Crippen LogP contribution in [0.5, 0.6) is 11.5 Å². The summed E-state index contributed by atoms with van der Waals surface area (Å²) in [6.45, 7) is 0.0768. The first-order valence-electron chi connectivity index (χ1n) is 7.49. The van der Waals surface area contributed by atoms with Gasteiger partial charge in [-0.05, 0) is 36.4 Å². The van der Waals surface area contributed by atoms with Gasteiger partial charge in [0.25, 0.3) is 0 Å². The average molecular weight is 334 g/mol. The second kappa shape index (κ2) is 7.35. The Morgan fingerprint density at radius 3 is 2.64 bits per heavy atom. The number of nitrogens with zero attached hydrogens (tertiary/aromatic N) is 2. The van der Waals surface area contributed by atoms with Crippen LogP contribution in [0.4, 0.5) is 0 Å². The number of phenolic OH excluding ortho intramolecular Hbond substituents is 1. The van der Waals surface area contributed by atoms with Crippen LogP contribution in [-0.4, -0.2) is 27.6 Å². The summed E-state index contributed by atoms with van der Waals surface area (Å²) in [6.07, 6.45) is 2.84. The summed E-state index contributed by atoms with van der Waals surface area (Å²) in [6, 6.07) is 13.3. The van der Waals surface area contributed by atoms with Crippen molar-refractivity contribution in [2.45, 2.75) is 6.61 Å². The lowest BCUT2D eigenvalue weighted by Crippen LogP contribution is -2.03. The monoisotopic (exact) mass is 334 g/mol. The highest BCUT2D eigenvalue weighted by atomic mass is 16.5. The zero-order valence-electron chi connectivity index (χ0n) is 13.1. The van der Waals surface area contributed by atoms with Gasteiger partial charge in [0.15, 0.2) is 12.6 Å². The molecule has 0 spiro atoms. The van der Waals surface area contributed by atoms with Gasteiger partial charge in [0.2, 0.25) is 0 Å². The molecule has 25 heavy (non-hydrogen) atoms. The number of hydrogen-bond acceptors (Lipinski definition) is 6. The Labute approximate surface area is 143 Å². The molecule has 3 aromatic rings. The van der Waals surface area contributed by atoms with Crippen molar-refractivity contribution in [1.29, 1.82) is 0 Å². The quantitative estimate of drug-likeness (QED) is 0.697. The van der Waals surface area contributed by atoms with Gasteiger partial charge < -0.3 is 9.84 Å². The Kier molecular flexibility index (Phi) is 4.80. The minimum absolute atomic E-state index is 0.0768. The van der Waals surface area contributed by atoms with E-state index in [1.54, 1.807) is 42.6 Å². The molecule has 2 aromatic heterocycles. The SMILES string of the molecule is O=Cc1cccc(-c2cccnc2COc2cccc(O)c2C=O)n1. The summed E-state index contributed by atoms with van der Waals surface area (Å²) in [7, 11) is 0. The van der Waals surface area contributed by atoms with E-state index < -0.39 is 0 Å². The molecule has 0 aliphatic heterocycles. The molecule has 6 heteroatoms. The van der Waals surface area contributed by atoms with Crippen molar-refractivity contribution in [3.8, 4) is 22.8 Å². The minimum Gasteiger partial charge on any atom is -0.507 e. The van der Waals surface area contributed by atoms with Crippen LogP contribution in [0.15, 0.2) is 54.7 Å². The number of aromatic nitrogens is 2. The molecule has 3 rings (SSSR count). The molecule has 0 amide bonds. The zero-order chi connectivity index (χ0) is 17.6. The van der Waals surface area contributed by atoms with Crippen LogP contribution in [-0.2, 0) is 6.61 Å². The van der Waals surface area contributed by atoms with E-state index in [2.05, 4.69) is 9.97 Å². The Morgan fingerprint density at radius 2 is 1.84 bits per heavy atom. The summed E-state index contributed by atoms with van der Waals surface area (Å²) < 4.78 is 5.66. The second-order valence-corrected chi connectivity index (χ2v) is 5.16. The van der Waals surface area contributed by atoms with E-state index in [4.69, 9.17) is 4.74 Å². The maximum atomic E-state index is 11.1. The lowest BCUT2D eigenvalue weighted by molar-refractivity contribution is 0.111. The van der Waals surface area contributed by atoms with E-state index in [9.17, 15) is 14.7 Å². The van der Waals surface area contributed by atoms with Crippen LogP contribution in [0.25, 0.3) is 11.3 Å². The van der Waals surface area contributed by atoms with E-state index in [0.29, 0.717) is 29.7 Å². The van der Waals surface area contributed by atoms with Gasteiger partial charge in [-0.1, -0.05) is 12.1 Å². The minimum atomic E-state index is -0.144. The van der Waals surface area contributed by atoms with E-state index in [-0.39, 0.29) is 23.7 Å². The molecule has 0 bridgehead atoms. The molecule has 0 fully saturated rings. The molecule has 0 aliphatic rings. The third-order valence-electron chi connectivity index (χ3n) is 3.58. The standard InChI is InChI=1S/C19H14N2O4/c22-10-13-4-1-6-16(21-13)14-5-3-9-20-17(14)12-25-19-8-2-7-18(24)15(19)11-23/h1-11,24H,12H2. The maximum absolute atomic E-state index is 11.1. The van der Waals surface area contributed by atoms with Crippen molar-refractivity contribution in [2.75, 3.05) is 0 Å². The fraction of sp³-hybridized carbons (Fsp3) is 0.0526. The summed E-state index contributed by atoms with van der Waals surface area (Å²) in [5.41, 5.74) is 2.32. The van der Waals surface area contributed by atoms with Crippen LogP contribution < -0.4 is 4.74 Å². The number of rotatable bonds is 6. The number of pyridine rings is 2. The molecule has 0 radical (unpaired) electrons. The van der Waals surface area contributed by atoms with Crippen molar-refractivity contribution in [3.63, 3.8) is 0 Å². The van der Waals surface area contributed by atoms with Gasteiger partial charge in [-0.15, -0.1) is 0 Å². The predicted octanol–water partition coefficient (Wildman–Crippen LogP) is 3.05. The first-order valence-corrected chi connectivity index (χ1v) is 7.49. The fourth-order valence-corrected chi connectivity index (χ4v) is 2.38. The molecule has 1 aromatic carbocycles. The smallest absolute Gasteiger partial charge is 0.168 e. The summed E-state index contributed by atoms with van der Waals surface area (Å²) in [5.74, 6) is 0.121.